The predicted octanol–water partition coefficient (Wildman–Crippen LogP) is 5.02. The first-order valence-electron chi connectivity index (χ1n) is 7.64. The molecule has 0 N–H and O–H groups in total. The highest BCUT2D eigenvalue weighted by atomic mass is 31.0. The highest BCUT2D eigenvalue weighted by Gasteiger charge is 2.00. The fourth-order valence-corrected chi connectivity index (χ4v) is 2.44. The van der Waals surface area contributed by atoms with Gasteiger partial charge in [-0.05, 0) is 48.6 Å². The van der Waals surface area contributed by atoms with Gasteiger partial charge in [-0.1, -0.05) is 47.2 Å². The molecule has 0 aliphatic heterocycles. The van der Waals surface area contributed by atoms with Crippen LogP contribution in [0.25, 0.3) is 0 Å². The normalized spacial score (nSPS) is 15.3. The third kappa shape index (κ3) is 7.41. The molecule has 1 unspecified atom stereocenters. The van der Waals surface area contributed by atoms with Crippen molar-refractivity contribution in [1.82, 2.24) is 0 Å². The van der Waals surface area contributed by atoms with Gasteiger partial charge in [-0.25, -0.2) is 4.79 Å². The summed E-state index contributed by atoms with van der Waals surface area (Å²) in [6.07, 6.45) is 16.1. The van der Waals surface area contributed by atoms with Gasteiger partial charge in [-0.15, -0.1) is 5.73 Å². The van der Waals surface area contributed by atoms with Gasteiger partial charge >= 0.3 is 5.97 Å². The Labute approximate surface area is 136 Å². The van der Waals surface area contributed by atoms with E-state index in [4.69, 9.17) is 0 Å². The van der Waals surface area contributed by atoms with Gasteiger partial charge in [0.15, 0.2) is 0 Å². The van der Waals surface area contributed by atoms with Crippen molar-refractivity contribution in [2.45, 2.75) is 39.5 Å². The van der Waals surface area contributed by atoms with Crippen molar-refractivity contribution < 1.29 is 9.53 Å². The molecule has 22 heavy (non-hydrogen) atoms. The molecule has 1 aliphatic rings. The lowest BCUT2D eigenvalue weighted by Gasteiger charge is -2.03. The van der Waals surface area contributed by atoms with Gasteiger partial charge in [0.1, 0.15) is 0 Å². The zero-order chi connectivity index (χ0) is 16.4. The molecule has 1 rings (SSSR count). The first-order valence-corrected chi connectivity index (χ1v) is 8.22. The summed E-state index contributed by atoms with van der Waals surface area (Å²) < 4.78 is 4.67. The maximum Gasteiger partial charge on any atom is 0.330 e. The number of carbonyl (C=O) groups is 1. The maximum absolute atomic E-state index is 11.3. The number of esters is 1. The van der Waals surface area contributed by atoms with E-state index in [0.29, 0.717) is 0 Å². The van der Waals surface area contributed by atoms with Gasteiger partial charge in [0, 0.05) is 11.4 Å². The molecule has 0 radical (unpaired) electrons. The molecule has 0 fully saturated rings. The van der Waals surface area contributed by atoms with E-state index in [2.05, 4.69) is 44.9 Å². The number of allylic oxidation sites excluding steroid dienone is 8. The molecule has 0 aromatic carbocycles. The quantitative estimate of drug-likeness (QED) is 0.165. The summed E-state index contributed by atoms with van der Waals surface area (Å²) in [5.41, 5.74) is 6.61. The number of rotatable bonds is 7. The SMILES string of the molecule is CCCCCC(/C=C/C(=O)OC)=C\C1=CC(C)=C=C(P)C=C1. The lowest BCUT2D eigenvalue weighted by molar-refractivity contribution is -0.134. The third-order valence-electron chi connectivity index (χ3n) is 3.24. The number of ether oxygens (including phenoxy) is 1. The van der Waals surface area contributed by atoms with Crippen LogP contribution in [0.2, 0.25) is 0 Å². The number of hydrogen-bond acceptors (Lipinski definition) is 2. The monoisotopic (exact) mass is 316 g/mol. The second-order valence-corrected chi connectivity index (χ2v) is 5.90. The fraction of sp³-hybridized carbons (Fsp3) is 0.368. The molecule has 0 amide bonds. The summed E-state index contributed by atoms with van der Waals surface area (Å²) in [5.74, 6) is -0.322. The highest BCUT2D eigenvalue weighted by molar-refractivity contribution is 7.22. The second kappa shape index (κ2) is 10.2. The van der Waals surface area contributed by atoms with E-state index in [0.717, 1.165) is 34.9 Å². The Morgan fingerprint density at radius 2 is 2.09 bits per heavy atom. The Morgan fingerprint density at radius 1 is 1.32 bits per heavy atom. The van der Waals surface area contributed by atoms with Crippen molar-refractivity contribution in [1.29, 1.82) is 0 Å². The maximum atomic E-state index is 11.3. The number of hydrogen-bond donors (Lipinski definition) is 0. The van der Waals surface area contributed by atoms with Crippen LogP contribution < -0.4 is 0 Å². The standard InChI is InChI=1S/C19H25O2P/c1-4-5-6-7-16(9-11-19(20)21-3)14-17-8-10-18(22)13-15(2)12-17/h8-12,14H,4-7,22H2,1-3H3/b11-9+,16-14+. The molecular weight excluding hydrogens is 291 g/mol. The first kappa shape index (κ1) is 18.4. The second-order valence-electron chi connectivity index (χ2n) is 5.27. The van der Waals surface area contributed by atoms with Crippen LogP contribution >= 0.6 is 9.24 Å². The summed E-state index contributed by atoms with van der Waals surface area (Å²) >= 11 is 0. The minimum Gasteiger partial charge on any atom is -0.466 e. The van der Waals surface area contributed by atoms with Crippen molar-refractivity contribution in [3.8, 4) is 0 Å². The summed E-state index contributed by atoms with van der Waals surface area (Å²) in [7, 11) is 4.06. The van der Waals surface area contributed by atoms with E-state index in [-0.39, 0.29) is 5.97 Å². The van der Waals surface area contributed by atoms with Crippen LogP contribution in [0.4, 0.5) is 0 Å². The molecule has 0 saturated heterocycles. The molecule has 2 nitrogen and oxygen atoms in total. The van der Waals surface area contributed by atoms with Crippen LogP contribution in [0, 0.1) is 0 Å². The van der Waals surface area contributed by atoms with Crippen molar-refractivity contribution >= 4 is 15.2 Å². The van der Waals surface area contributed by atoms with Crippen molar-refractivity contribution in [2.75, 3.05) is 7.11 Å². The van der Waals surface area contributed by atoms with Crippen LogP contribution in [0.1, 0.15) is 39.5 Å². The van der Waals surface area contributed by atoms with Crippen molar-refractivity contribution in [2.24, 2.45) is 0 Å². The van der Waals surface area contributed by atoms with Crippen LogP contribution in [-0.4, -0.2) is 13.1 Å². The summed E-state index contributed by atoms with van der Waals surface area (Å²) in [6, 6.07) is 0. The Bertz CT molecular complexity index is 583. The first-order chi connectivity index (χ1) is 10.5. The van der Waals surface area contributed by atoms with Gasteiger partial charge in [-0.2, -0.15) is 0 Å². The van der Waals surface area contributed by atoms with Gasteiger partial charge in [0.05, 0.1) is 7.11 Å². The molecule has 0 heterocycles. The largest absolute Gasteiger partial charge is 0.466 e. The Balaban J connectivity index is 2.95. The number of unbranched alkanes of at least 4 members (excludes halogenated alkanes) is 2. The molecule has 118 valence electrons. The smallest absolute Gasteiger partial charge is 0.330 e. The van der Waals surface area contributed by atoms with Crippen LogP contribution in [0.3, 0.4) is 0 Å². The molecule has 0 spiro atoms. The molecule has 3 heteroatoms. The predicted molar refractivity (Wildman–Crippen MR) is 96.5 cm³/mol. The third-order valence-corrected chi connectivity index (χ3v) is 3.57. The highest BCUT2D eigenvalue weighted by Crippen LogP contribution is 2.19. The summed E-state index contributed by atoms with van der Waals surface area (Å²) in [6.45, 7) is 4.22. The van der Waals surface area contributed by atoms with E-state index in [9.17, 15) is 4.79 Å². The van der Waals surface area contributed by atoms with E-state index < -0.39 is 0 Å². The lowest BCUT2D eigenvalue weighted by atomic mass is 10.0. The van der Waals surface area contributed by atoms with E-state index >= 15 is 0 Å². The molecule has 0 saturated carbocycles. The Morgan fingerprint density at radius 3 is 2.77 bits per heavy atom. The molecule has 1 atom stereocenters. The summed E-state index contributed by atoms with van der Waals surface area (Å²) in [5, 5.41) is 1.04. The van der Waals surface area contributed by atoms with E-state index in [1.54, 1.807) is 0 Å². The fourth-order valence-electron chi connectivity index (χ4n) is 2.12. The van der Waals surface area contributed by atoms with E-state index in [1.807, 2.05) is 19.1 Å². The van der Waals surface area contributed by atoms with Crippen molar-refractivity contribution in [3.63, 3.8) is 0 Å². The zero-order valence-electron chi connectivity index (χ0n) is 13.7. The van der Waals surface area contributed by atoms with Gasteiger partial charge in [-0.3, -0.25) is 0 Å². The average molecular weight is 316 g/mol. The van der Waals surface area contributed by atoms with Crippen molar-refractivity contribution in [3.05, 3.63) is 64.2 Å². The van der Waals surface area contributed by atoms with Gasteiger partial charge < -0.3 is 4.74 Å². The van der Waals surface area contributed by atoms with E-state index in [1.165, 1.54) is 26.0 Å². The molecule has 0 aromatic heterocycles. The molecule has 1 aliphatic carbocycles. The van der Waals surface area contributed by atoms with Gasteiger partial charge in [0.25, 0.3) is 0 Å². The zero-order valence-corrected chi connectivity index (χ0v) is 14.8. The molecular formula is C19H25O2P. The number of carbonyl (C=O) groups excluding carboxylic acids is 1. The Kier molecular flexibility index (Phi) is 8.51. The molecule has 0 bridgehead atoms. The lowest BCUT2D eigenvalue weighted by Crippen LogP contribution is -1.94. The van der Waals surface area contributed by atoms with Crippen LogP contribution in [-0.2, 0) is 9.53 Å². The number of methoxy groups -OCH3 is 1. The summed E-state index contributed by atoms with van der Waals surface area (Å²) in [4.78, 5) is 11.3. The Hall–Kier alpha value is -1.62. The van der Waals surface area contributed by atoms with Crippen LogP contribution in [0.5, 0.6) is 0 Å². The topological polar surface area (TPSA) is 26.3 Å². The minimum absolute atomic E-state index is 0.322. The average Bonchev–Trinajstić information content (AvgIpc) is 2.64. The minimum atomic E-state index is -0.322. The van der Waals surface area contributed by atoms with Crippen LogP contribution in [0.15, 0.2) is 64.2 Å². The van der Waals surface area contributed by atoms with Gasteiger partial charge in [0.2, 0.25) is 0 Å². The molecule has 0 aromatic rings.